The summed E-state index contributed by atoms with van der Waals surface area (Å²) in [4.78, 5) is 0. The monoisotopic (exact) mass is 382 g/mol. The quantitative estimate of drug-likeness (QED) is 0.449. The Kier molecular flexibility index (Phi) is 5.41. The minimum absolute atomic E-state index is 0.301. The Morgan fingerprint density at radius 3 is 1.60 bits per heavy atom. The molecule has 0 bridgehead atoms. The highest BCUT2D eigenvalue weighted by molar-refractivity contribution is 5.15. The van der Waals surface area contributed by atoms with Crippen LogP contribution >= 0.6 is 0 Å². The molecule has 2 rings (SSSR count). The summed E-state index contributed by atoms with van der Waals surface area (Å²) in [5.74, 6) is -0.761. The van der Waals surface area contributed by atoms with Crippen molar-refractivity contribution in [3.8, 4) is 0 Å². The highest BCUT2D eigenvalue weighted by atomic mass is 19.4. The summed E-state index contributed by atoms with van der Waals surface area (Å²) in [5.41, 5.74) is -12.5. The van der Waals surface area contributed by atoms with Crippen LogP contribution in [0.3, 0.4) is 0 Å². The molecule has 0 aromatic rings. The number of rotatable bonds is 1. The number of halogens is 8. The van der Waals surface area contributed by atoms with Crippen LogP contribution in [0.2, 0.25) is 0 Å². The van der Waals surface area contributed by atoms with Gasteiger partial charge in [-0.2, -0.15) is 26.3 Å². The Morgan fingerprint density at radius 2 is 1.16 bits per heavy atom. The molecule has 2 aliphatic rings. The average molecular weight is 382 g/mol. The zero-order chi connectivity index (χ0) is 19.1. The van der Waals surface area contributed by atoms with Crippen molar-refractivity contribution >= 4 is 0 Å². The predicted molar refractivity (Wildman–Crippen MR) is 74.4 cm³/mol. The zero-order valence-corrected chi connectivity index (χ0v) is 13.6. The molecular formula is C16H22F8O. The normalized spacial score (nSPS) is 39.7. The summed E-state index contributed by atoms with van der Waals surface area (Å²) >= 11 is 0. The van der Waals surface area contributed by atoms with E-state index < -0.39 is 60.9 Å². The van der Waals surface area contributed by atoms with Gasteiger partial charge < -0.3 is 5.11 Å². The van der Waals surface area contributed by atoms with E-state index in [4.69, 9.17) is 0 Å². The van der Waals surface area contributed by atoms with Crippen LogP contribution in [0.4, 0.5) is 35.1 Å². The molecule has 0 saturated heterocycles. The number of aliphatic hydroxyl groups is 1. The molecule has 1 nitrogen and oxygen atoms in total. The molecule has 1 N–H and O–H groups in total. The molecular weight excluding hydrogens is 360 g/mol. The fraction of sp³-hybridized carbons (Fsp3) is 1.00. The van der Waals surface area contributed by atoms with Crippen molar-refractivity contribution < 1.29 is 40.2 Å². The molecule has 3 atom stereocenters. The minimum Gasteiger partial charge on any atom is -0.389 e. The van der Waals surface area contributed by atoms with Gasteiger partial charge in [0.15, 0.2) is 0 Å². The first-order chi connectivity index (χ1) is 11.3. The third-order valence-electron chi connectivity index (χ3n) is 5.82. The molecule has 2 aliphatic carbocycles. The highest BCUT2D eigenvalue weighted by Gasteiger charge is 2.80. The Hall–Kier alpha value is -0.600. The Balaban J connectivity index is 2.47. The Labute approximate surface area is 140 Å². The van der Waals surface area contributed by atoms with Gasteiger partial charge in [-0.15, -0.1) is 0 Å². The number of hydrogen-bond acceptors (Lipinski definition) is 1. The van der Waals surface area contributed by atoms with Crippen molar-refractivity contribution in [3.63, 3.8) is 0 Å². The van der Waals surface area contributed by atoms with E-state index in [1.807, 2.05) is 0 Å². The van der Waals surface area contributed by atoms with E-state index in [0.29, 0.717) is 25.7 Å². The summed E-state index contributed by atoms with van der Waals surface area (Å²) in [5, 5.41) is 10.7. The summed E-state index contributed by atoms with van der Waals surface area (Å²) in [6, 6.07) is 0. The fourth-order valence-electron chi connectivity index (χ4n) is 4.34. The van der Waals surface area contributed by atoms with Gasteiger partial charge >= 0.3 is 12.4 Å². The van der Waals surface area contributed by atoms with Gasteiger partial charge in [-0.1, -0.05) is 25.7 Å². The molecule has 2 saturated carbocycles. The lowest BCUT2D eigenvalue weighted by Crippen LogP contribution is -2.66. The van der Waals surface area contributed by atoms with Gasteiger partial charge in [-0.25, -0.2) is 8.78 Å². The zero-order valence-electron chi connectivity index (χ0n) is 13.6. The van der Waals surface area contributed by atoms with Gasteiger partial charge in [-0.3, -0.25) is 0 Å². The van der Waals surface area contributed by atoms with Crippen LogP contribution in [0.25, 0.3) is 0 Å². The van der Waals surface area contributed by atoms with Gasteiger partial charge in [0.05, 0.1) is 5.60 Å². The first-order valence-electron chi connectivity index (χ1n) is 8.50. The lowest BCUT2D eigenvalue weighted by molar-refractivity contribution is -0.350. The lowest BCUT2D eigenvalue weighted by atomic mass is 9.71. The Bertz CT molecular complexity index is 468. The van der Waals surface area contributed by atoms with Crippen LogP contribution in [0, 0.1) is 5.92 Å². The summed E-state index contributed by atoms with van der Waals surface area (Å²) in [6.45, 7) is 0. The molecule has 2 fully saturated rings. The van der Waals surface area contributed by atoms with Gasteiger partial charge in [0.25, 0.3) is 5.67 Å². The van der Waals surface area contributed by atoms with Crippen LogP contribution < -0.4 is 0 Å². The SMILES string of the molecule is OC1(C2CCCCCC2)CCCC(F)(C(F)(F)F)C(F)(C(F)(F)F)C1. The topological polar surface area (TPSA) is 20.2 Å². The van der Waals surface area contributed by atoms with Crippen molar-refractivity contribution in [1.82, 2.24) is 0 Å². The molecule has 0 spiro atoms. The van der Waals surface area contributed by atoms with E-state index in [0.717, 1.165) is 12.8 Å². The standard InChI is InChI=1S/C16H22F8O/c17-13(15(19,20)21)9-5-8-12(25,10-14(13,18)16(22,23)24)11-6-3-1-2-4-7-11/h11,25H,1-10H2. The van der Waals surface area contributed by atoms with Crippen molar-refractivity contribution in [2.45, 2.75) is 93.5 Å². The van der Waals surface area contributed by atoms with Crippen LogP contribution in [-0.4, -0.2) is 34.4 Å². The van der Waals surface area contributed by atoms with Gasteiger partial charge in [0.1, 0.15) is 0 Å². The molecule has 3 unspecified atom stereocenters. The molecule has 25 heavy (non-hydrogen) atoms. The maximum Gasteiger partial charge on any atom is 0.426 e. The molecule has 0 radical (unpaired) electrons. The third kappa shape index (κ3) is 3.49. The second-order valence-corrected chi connectivity index (χ2v) is 7.42. The van der Waals surface area contributed by atoms with Crippen molar-refractivity contribution in [3.05, 3.63) is 0 Å². The van der Waals surface area contributed by atoms with Crippen LogP contribution in [0.1, 0.15) is 64.2 Å². The van der Waals surface area contributed by atoms with E-state index in [9.17, 15) is 40.2 Å². The molecule has 9 heteroatoms. The second-order valence-electron chi connectivity index (χ2n) is 7.42. The second kappa shape index (κ2) is 6.53. The number of hydrogen-bond donors (Lipinski definition) is 1. The first kappa shape index (κ1) is 20.7. The van der Waals surface area contributed by atoms with Crippen LogP contribution in [-0.2, 0) is 0 Å². The van der Waals surface area contributed by atoms with Crippen LogP contribution in [0.15, 0.2) is 0 Å². The predicted octanol–water partition coefficient (Wildman–Crippen LogP) is 5.80. The van der Waals surface area contributed by atoms with E-state index in [1.165, 1.54) is 0 Å². The molecule has 0 aromatic carbocycles. The lowest BCUT2D eigenvalue weighted by Gasteiger charge is -2.44. The van der Waals surface area contributed by atoms with Gasteiger partial charge in [0, 0.05) is 6.42 Å². The van der Waals surface area contributed by atoms with E-state index in [-0.39, 0.29) is 0 Å². The molecule has 0 amide bonds. The summed E-state index contributed by atoms with van der Waals surface area (Å²) in [7, 11) is 0. The van der Waals surface area contributed by atoms with E-state index >= 15 is 0 Å². The van der Waals surface area contributed by atoms with E-state index in [2.05, 4.69) is 0 Å². The number of alkyl halides is 8. The Morgan fingerprint density at radius 1 is 0.680 bits per heavy atom. The maximum atomic E-state index is 14.9. The van der Waals surface area contributed by atoms with Crippen molar-refractivity contribution in [2.24, 2.45) is 5.92 Å². The van der Waals surface area contributed by atoms with Crippen molar-refractivity contribution in [2.75, 3.05) is 0 Å². The van der Waals surface area contributed by atoms with Crippen molar-refractivity contribution in [1.29, 1.82) is 0 Å². The van der Waals surface area contributed by atoms with Crippen LogP contribution in [0.5, 0.6) is 0 Å². The van der Waals surface area contributed by atoms with Gasteiger partial charge in [0.2, 0.25) is 5.67 Å². The first-order valence-corrected chi connectivity index (χ1v) is 8.50. The molecule has 148 valence electrons. The minimum atomic E-state index is -6.08. The smallest absolute Gasteiger partial charge is 0.389 e. The average Bonchev–Trinajstić information content (AvgIpc) is 2.78. The summed E-state index contributed by atoms with van der Waals surface area (Å²) in [6.07, 6.45) is -13.4. The van der Waals surface area contributed by atoms with E-state index in [1.54, 1.807) is 0 Å². The largest absolute Gasteiger partial charge is 0.426 e. The molecule has 0 aliphatic heterocycles. The maximum absolute atomic E-state index is 14.9. The summed E-state index contributed by atoms with van der Waals surface area (Å²) < 4.78 is 109. The van der Waals surface area contributed by atoms with Gasteiger partial charge in [-0.05, 0) is 38.0 Å². The molecule has 0 aromatic heterocycles. The molecule has 0 heterocycles. The highest BCUT2D eigenvalue weighted by Crippen LogP contribution is 2.60. The third-order valence-corrected chi connectivity index (χ3v) is 5.82. The fourth-order valence-corrected chi connectivity index (χ4v) is 4.34.